The summed E-state index contributed by atoms with van der Waals surface area (Å²) in [6.07, 6.45) is 2.45. The van der Waals surface area contributed by atoms with Crippen LogP contribution in [0.15, 0.2) is 29.2 Å². The highest BCUT2D eigenvalue weighted by molar-refractivity contribution is 8.03. The van der Waals surface area contributed by atoms with Crippen molar-refractivity contribution in [2.24, 2.45) is 0 Å². The predicted octanol–water partition coefficient (Wildman–Crippen LogP) is 2.08. The second-order valence-corrected chi connectivity index (χ2v) is 6.59. The van der Waals surface area contributed by atoms with Gasteiger partial charge in [-0.1, -0.05) is 19.1 Å². The molecule has 1 atom stereocenters. The van der Waals surface area contributed by atoms with Crippen molar-refractivity contribution in [3.63, 3.8) is 0 Å². The van der Waals surface area contributed by atoms with Gasteiger partial charge in [0, 0.05) is 17.5 Å². The first-order valence-electron chi connectivity index (χ1n) is 8.47. The Hall–Kier alpha value is -2.08. The molecule has 1 rings (SSSR count). The maximum atomic E-state index is 10.6. The fourth-order valence-corrected chi connectivity index (χ4v) is 3.01. The van der Waals surface area contributed by atoms with Crippen molar-refractivity contribution in [1.82, 2.24) is 10.2 Å². The van der Waals surface area contributed by atoms with Crippen LogP contribution in [-0.2, 0) is 20.7 Å². The quantitative estimate of drug-likeness (QED) is 0.166. The molecule has 0 amide bonds. The number of ether oxygens (including phenoxy) is 1. The number of thioether (sulfide) groups is 1. The van der Waals surface area contributed by atoms with Gasteiger partial charge in [-0.15, -0.1) is 0 Å². The molecule has 142 valence electrons. The van der Waals surface area contributed by atoms with Gasteiger partial charge in [0.2, 0.25) is 0 Å². The molecule has 8 heteroatoms. The molecule has 0 aliphatic rings. The van der Waals surface area contributed by atoms with Crippen LogP contribution in [0.3, 0.4) is 0 Å². The normalized spacial score (nSPS) is 11.7. The fourth-order valence-electron chi connectivity index (χ4n) is 2.63. The Morgan fingerprint density at radius 1 is 1.46 bits per heavy atom. The zero-order valence-corrected chi connectivity index (χ0v) is 15.7. The predicted molar refractivity (Wildman–Crippen MR) is 99.5 cm³/mol. The molecule has 7 nitrogen and oxygen atoms in total. The number of nitriles is 1. The van der Waals surface area contributed by atoms with Crippen LogP contribution in [0.5, 0.6) is 0 Å². The third kappa shape index (κ3) is 8.85. The molecule has 1 unspecified atom stereocenters. The first-order valence-corrected chi connectivity index (χ1v) is 9.29. The molecular weight excluding hydrogens is 354 g/mol. The molecule has 26 heavy (non-hydrogen) atoms. The Morgan fingerprint density at radius 3 is 2.77 bits per heavy atom. The number of aliphatic carboxylic acids is 1. The van der Waals surface area contributed by atoms with Gasteiger partial charge in [-0.2, -0.15) is 5.26 Å². The molecule has 0 aliphatic heterocycles. The summed E-state index contributed by atoms with van der Waals surface area (Å²) < 4.78 is 4.95. The van der Waals surface area contributed by atoms with Crippen molar-refractivity contribution in [3.8, 4) is 5.40 Å². The lowest BCUT2D eigenvalue weighted by Crippen LogP contribution is -2.40. The van der Waals surface area contributed by atoms with E-state index >= 15 is 0 Å². The fraction of sp³-hybridized carbons (Fsp3) is 0.500. The molecule has 2 N–H and O–H groups in total. The van der Waals surface area contributed by atoms with E-state index in [1.807, 2.05) is 24.3 Å². The number of benzene rings is 1. The summed E-state index contributed by atoms with van der Waals surface area (Å²) in [4.78, 5) is 24.1. The number of hydrogen-bond acceptors (Lipinski definition) is 7. The van der Waals surface area contributed by atoms with Gasteiger partial charge in [-0.3, -0.25) is 14.5 Å². The second-order valence-electron chi connectivity index (χ2n) is 5.73. The standard InChI is InChI=1S/C18H25N3O4S/c1-2-16(10-15-4-6-17(7-5-15)26-12-19)21(13-25-14-22)9-3-8-20-11-18(23)24/h4-7,14,16,20H,2-3,8-11,13H2,1H3,(H,23,24). The molecule has 0 saturated heterocycles. The number of carboxylic acids is 1. The van der Waals surface area contributed by atoms with Crippen molar-refractivity contribution in [3.05, 3.63) is 29.8 Å². The molecule has 0 aliphatic carbocycles. The van der Waals surface area contributed by atoms with E-state index in [2.05, 4.69) is 22.5 Å². The summed E-state index contributed by atoms with van der Waals surface area (Å²) in [5, 5.41) is 22.2. The van der Waals surface area contributed by atoms with Crippen molar-refractivity contribution in [2.75, 3.05) is 26.4 Å². The number of thiocyanates is 1. The number of carboxylic acid groups (broad SMARTS) is 1. The van der Waals surface area contributed by atoms with E-state index in [0.717, 1.165) is 41.5 Å². The van der Waals surface area contributed by atoms with Gasteiger partial charge in [0.05, 0.1) is 6.54 Å². The topological polar surface area (TPSA) is 103 Å². The van der Waals surface area contributed by atoms with Crippen LogP contribution < -0.4 is 5.32 Å². The molecule has 0 aromatic heterocycles. The smallest absolute Gasteiger partial charge is 0.317 e. The van der Waals surface area contributed by atoms with Gasteiger partial charge in [0.1, 0.15) is 12.1 Å². The Balaban J connectivity index is 2.61. The van der Waals surface area contributed by atoms with Crippen molar-refractivity contribution < 1.29 is 19.4 Å². The van der Waals surface area contributed by atoms with Crippen LogP contribution in [0.1, 0.15) is 25.3 Å². The zero-order chi connectivity index (χ0) is 19.2. The van der Waals surface area contributed by atoms with E-state index in [1.165, 1.54) is 0 Å². The molecule has 0 bridgehead atoms. The number of carbonyl (C=O) groups excluding carboxylic acids is 1. The summed E-state index contributed by atoms with van der Waals surface area (Å²) in [5.74, 6) is -0.879. The maximum absolute atomic E-state index is 10.6. The summed E-state index contributed by atoms with van der Waals surface area (Å²) in [5.41, 5.74) is 1.15. The lowest BCUT2D eigenvalue weighted by molar-refractivity contribution is -0.136. The molecule has 0 spiro atoms. The van der Waals surface area contributed by atoms with E-state index in [9.17, 15) is 9.59 Å². The third-order valence-electron chi connectivity index (χ3n) is 3.93. The molecule has 0 fully saturated rings. The average Bonchev–Trinajstić information content (AvgIpc) is 2.63. The summed E-state index contributed by atoms with van der Waals surface area (Å²) in [6.45, 7) is 3.96. The zero-order valence-electron chi connectivity index (χ0n) is 14.9. The minimum atomic E-state index is -0.879. The summed E-state index contributed by atoms with van der Waals surface area (Å²) in [7, 11) is 0. The highest BCUT2D eigenvalue weighted by Gasteiger charge is 2.17. The van der Waals surface area contributed by atoms with Crippen LogP contribution in [0, 0.1) is 10.7 Å². The Kier molecular flexibility index (Phi) is 11.1. The number of carbonyl (C=O) groups is 2. The number of hydrogen-bond donors (Lipinski definition) is 2. The minimum Gasteiger partial charge on any atom is -0.480 e. The second kappa shape index (κ2) is 13.2. The van der Waals surface area contributed by atoms with Gasteiger partial charge >= 0.3 is 5.97 Å². The lowest BCUT2D eigenvalue weighted by atomic mass is 10.0. The third-order valence-corrected chi connectivity index (χ3v) is 4.53. The monoisotopic (exact) mass is 379 g/mol. The molecule has 1 aromatic rings. The van der Waals surface area contributed by atoms with Crippen LogP contribution in [0.4, 0.5) is 0 Å². The van der Waals surface area contributed by atoms with E-state index < -0.39 is 5.97 Å². The van der Waals surface area contributed by atoms with Crippen LogP contribution >= 0.6 is 11.8 Å². The highest BCUT2D eigenvalue weighted by Crippen LogP contribution is 2.19. The van der Waals surface area contributed by atoms with E-state index in [1.54, 1.807) is 0 Å². The number of rotatable bonds is 14. The Labute approximate surface area is 158 Å². The number of nitrogens with one attached hydrogen (secondary N) is 1. The van der Waals surface area contributed by atoms with Crippen LogP contribution in [0.2, 0.25) is 0 Å². The van der Waals surface area contributed by atoms with Gasteiger partial charge < -0.3 is 15.2 Å². The van der Waals surface area contributed by atoms with Crippen LogP contribution in [0.25, 0.3) is 0 Å². The number of nitrogens with zero attached hydrogens (tertiary/aromatic N) is 2. The largest absolute Gasteiger partial charge is 0.480 e. The average molecular weight is 379 g/mol. The van der Waals surface area contributed by atoms with Gasteiger partial charge in [0.25, 0.3) is 6.47 Å². The van der Waals surface area contributed by atoms with E-state index in [0.29, 0.717) is 19.6 Å². The molecule has 0 radical (unpaired) electrons. The Morgan fingerprint density at radius 2 is 2.19 bits per heavy atom. The van der Waals surface area contributed by atoms with Crippen molar-refractivity contribution >= 4 is 24.2 Å². The highest BCUT2D eigenvalue weighted by atomic mass is 32.2. The van der Waals surface area contributed by atoms with E-state index in [-0.39, 0.29) is 19.3 Å². The molecular formula is C18H25N3O4S. The van der Waals surface area contributed by atoms with Gasteiger partial charge in [0.15, 0.2) is 0 Å². The van der Waals surface area contributed by atoms with E-state index in [4.69, 9.17) is 15.1 Å². The Bertz CT molecular complexity index is 589. The minimum absolute atomic E-state index is 0.0604. The summed E-state index contributed by atoms with van der Waals surface area (Å²) >= 11 is 1.13. The molecule has 0 saturated carbocycles. The first kappa shape index (κ1) is 22.0. The van der Waals surface area contributed by atoms with Gasteiger partial charge in [-0.05, 0) is 55.3 Å². The van der Waals surface area contributed by atoms with Gasteiger partial charge in [-0.25, -0.2) is 0 Å². The maximum Gasteiger partial charge on any atom is 0.317 e. The SMILES string of the molecule is CCC(Cc1ccc(SC#N)cc1)N(CCCNCC(=O)O)COC=O. The first-order chi connectivity index (χ1) is 12.6. The summed E-state index contributed by atoms with van der Waals surface area (Å²) in [6, 6.07) is 8.07. The van der Waals surface area contributed by atoms with Crippen LogP contribution in [-0.4, -0.2) is 54.9 Å². The molecule has 0 heterocycles. The van der Waals surface area contributed by atoms with Crippen molar-refractivity contribution in [1.29, 1.82) is 5.26 Å². The molecule has 1 aromatic carbocycles. The van der Waals surface area contributed by atoms with Crippen molar-refractivity contribution in [2.45, 2.75) is 37.1 Å². The lowest BCUT2D eigenvalue weighted by Gasteiger charge is -2.30.